The van der Waals surface area contributed by atoms with Gasteiger partial charge in [0.25, 0.3) is 5.91 Å². The molecule has 0 aliphatic rings. The molecular formula is C20H22N4O5S. The summed E-state index contributed by atoms with van der Waals surface area (Å²) in [4.78, 5) is 16.6. The minimum absolute atomic E-state index is 0.00628. The Labute approximate surface area is 174 Å². The molecular weight excluding hydrogens is 408 g/mol. The number of benzene rings is 2. The molecule has 0 spiro atoms. The first kappa shape index (κ1) is 21.3. The maximum absolute atomic E-state index is 12.4. The van der Waals surface area contributed by atoms with Gasteiger partial charge in [0.05, 0.1) is 25.1 Å². The topological polar surface area (TPSA) is 115 Å². The summed E-state index contributed by atoms with van der Waals surface area (Å²) in [5.74, 6) is 0.971. The average Bonchev–Trinajstić information content (AvgIpc) is 3.26. The van der Waals surface area contributed by atoms with Crippen molar-refractivity contribution in [3.63, 3.8) is 0 Å². The molecule has 0 aliphatic heterocycles. The van der Waals surface area contributed by atoms with Gasteiger partial charge in [0.1, 0.15) is 5.75 Å². The van der Waals surface area contributed by atoms with Crippen LogP contribution >= 0.6 is 0 Å². The Morgan fingerprint density at radius 3 is 2.60 bits per heavy atom. The minimum atomic E-state index is -3.36. The molecule has 2 aromatic carbocycles. The van der Waals surface area contributed by atoms with Crippen molar-refractivity contribution in [1.29, 1.82) is 0 Å². The van der Waals surface area contributed by atoms with Gasteiger partial charge >= 0.3 is 0 Å². The predicted molar refractivity (Wildman–Crippen MR) is 112 cm³/mol. The Morgan fingerprint density at radius 2 is 1.93 bits per heavy atom. The van der Waals surface area contributed by atoms with Gasteiger partial charge in [0.15, 0.2) is 0 Å². The quantitative estimate of drug-likeness (QED) is 0.584. The monoisotopic (exact) mass is 430 g/mol. The molecule has 0 radical (unpaired) electrons. The number of aromatic nitrogens is 2. The summed E-state index contributed by atoms with van der Waals surface area (Å²) < 4.78 is 35.4. The van der Waals surface area contributed by atoms with Gasteiger partial charge in [0.2, 0.25) is 21.7 Å². The number of methoxy groups -OCH3 is 1. The van der Waals surface area contributed by atoms with E-state index in [1.165, 1.54) is 11.4 Å². The Hall–Kier alpha value is -3.40. The van der Waals surface area contributed by atoms with E-state index in [9.17, 15) is 13.2 Å². The van der Waals surface area contributed by atoms with Crippen LogP contribution in [0.25, 0.3) is 11.4 Å². The van der Waals surface area contributed by atoms with Crippen LogP contribution in [0, 0.1) is 0 Å². The Bertz CT molecular complexity index is 1130. The van der Waals surface area contributed by atoms with Crippen molar-refractivity contribution in [1.82, 2.24) is 15.5 Å². The second-order valence-electron chi connectivity index (χ2n) is 6.34. The summed E-state index contributed by atoms with van der Waals surface area (Å²) in [5, 5.41) is 6.62. The van der Waals surface area contributed by atoms with Crippen LogP contribution < -0.4 is 14.4 Å². The van der Waals surface area contributed by atoms with E-state index in [1.807, 2.05) is 18.2 Å². The minimum Gasteiger partial charge on any atom is -0.497 e. The lowest BCUT2D eigenvalue weighted by molar-refractivity contribution is 0.0946. The lowest BCUT2D eigenvalue weighted by Crippen LogP contribution is -2.28. The molecule has 0 saturated carbocycles. The van der Waals surface area contributed by atoms with Gasteiger partial charge in [-0.2, -0.15) is 4.98 Å². The van der Waals surface area contributed by atoms with Crippen LogP contribution in [-0.4, -0.2) is 44.4 Å². The van der Waals surface area contributed by atoms with Crippen molar-refractivity contribution in [2.24, 2.45) is 0 Å². The molecule has 0 unspecified atom stereocenters. The number of carbonyl (C=O) groups is 1. The van der Waals surface area contributed by atoms with Gasteiger partial charge in [-0.05, 0) is 43.3 Å². The summed E-state index contributed by atoms with van der Waals surface area (Å²) in [7, 11) is -0.310. The molecule has 1 aromatic heterocycles. The second kappa shape index (κ2) is 8.95. The number of hydrogen-bond acceptors (Lipinski definition) is 7. The Morgan fingerprint density at radius 1 is 1.20 bits per heavy atom. The zero-order valence-electron chi connectivity index (χ0n) is 16.8. The SMILES string of the molecule is CCS(=O)(=O)N(C)c1ccc(C(=O)NCc2nc(-c3cccc(OC)c3)no2)cc1. The number of anilines is 1. The van der Waals surface area contributed by atoms with Crippen molar-refractivity contribution in [2.75, 3.05) is 24.2 Å². The highest BCUT2D eigenvalue weighted by Gasteiger charge is 2.16. The van der Waals surface area contributed by atoms with Crippen LogP contribution in [0.4, 0.5) is 5.69 Å². The van der Waals surface area contributed by atoms with Gasteiger partial charge in [-0.1, -0.05) is 17.3 Å². The maximum Gasteiger partial charge on any atom is 0.251 e. The molecule has 0 saturated heterocycles. The summed E-state index contributed by atoms with van der Waals surface area (Å²) >= 11 is 0. The lowest BCUT2D eigenvalue weighted by Gasteiger charge is -2.18. The van der Waals surface area contributed by atoms with E-state index in [0.717, 1.165) is 5.56 Å². The molecule has 10 heteroatoms. The number of rotatable bonds is 8. The maximum atomic E-state index is 12.4. The van der Waals surface area contributed by atoms with Gasteiger partial charge in [-0.15, -0.1) is 0 Å². The fraction of sp³-hybridized carbons (Fsp3) is 0.250. The predicted octanol–water partition coefficient (Wildman–Crippen LogP) is 2.46. The Kier molecular flexibility index (Phi) is 6.36. The first-order chi connectivity index (χ1) is 14.3. The first-order valence-corrected chi connectivity index (χ1v) is 10.8. The first-order valence-electron chi connectivity index (χ1n) is 9.16. The van der Waals surface area contributed by atoms with E-state index >= 15 is 0 Å². The summed E-state index contributed by atoms with van der Waals surface area (Å²) in [6.45, 7) is 1.63. The molecule has 0 bridgehead atoms. The molecule has 30 heavy (non-hydrogen) atoms. The standard InChI is InChI=1S/C20H22N4O5S/c1-4-30(26,27)24(2)16-10-8-14(9-11-16)20(25)21-13-18-22-19(23-29-18)15-6-5-7-17(12-15)28-3/h5-12H,4,13H2,1-3H3,(H,21,25). The van der Waals surface area contributed by atoms with Crippen LogP contribution in [0.15, 0.2) is 53.1 Å². The molecule has 9 nitrogen and oxygen atoms in total. The van der Waals surface area contributed by atoms with E-state index in [2.05, 4.69) is 15.5 Å². The zero-order valence-corrected chi connectivity index (χ0v) is 17.6. The van der Waals surface area contributed by atoms with E-state index in [-0.39, 0.29) is 24.1 Å². The van der Waals surface area contributed by atoms with Crippen molar-refractivity contribution < 1.29 is 22.5 Å². The van der Waals surface area contributed by atoms with E-state index in [1.54, 1.807) is 44.4 Å². The summed E-state index contributed by atoms with van der Waals surface area (Å²) in [6, 6.07) is 13.5. The molecule has 0 fully saturated rings. The fourth-order valence-corrected chi connectivity index (χ4v) is 3.47. The smallest absolute Gasteiger partial charge is 0.251 e. The van der Waals surface area contributed by atoms with E-state index in [0.29, 0.717) is 22.8 Å². The van der Waals surface area contributed by atoms with Gasteiger partial charge in [0, 0.05) is 18.2 Å². The number of ether oxygens (including phenoxy) is 1. The molecule has 158 valence electrons. The highest BCUT2D eigenvalue weighted by Crippen LogP contribution is 2.21. The highest BCUT2D eigenvalue weighted by molar-refractivity contribution is 7.92. The number of hydrogen-bond donors (Lipinski definition) is 1. The Balaban J connectivity index is 1.63. The van der Waals surface area contributed by atoms with Gasteiger partial charge in [-0.3, -0.25) is 9.10 Å². The largest absolute Gasteiger partial charge is 0.497 e. The van der Waals surface area contributed by atoms with Gasteiger partial charge < -0.3 is 14.6 Å². The molecule has 0 aliphatic carbocycles. The number of amides is 1. The van der Waals surface area contributed by atoms with Crippen molar-refractivity contribution in [2.45, 2.75) is 13.5 Å². The number of nitrogens with zero attached hydrogens (tertiary/aromatic N) is 3. The average molecular weight is 430 g/mol. The van der Waals surface area contributed by atoms with Gasteiger partial charge in [-0.25, -0.2) is 8.42 Å². The number of nitrogens with one attached hydrogen (secondary N) is 1. The third-order valence-corrected chi connectivity index (χ3v) is 6.25. The zero-order chi connectivity index (χ0) is 21.7. The molecule has 0 atom stereocenters. The van der Waals surface area contributed by atoms with Crippen LogP contribution in [0.1, 0.15) is 23.2 Å². The van der Waals surface area contributed by atoms with Crippen molar-refractivity contribution >= 4 is 21.6 Å². The molecule has 1 N–H and O–H groups in total. The molecule has 1 amide bonds. The normalized spacial score (nSPS) is 11.2. The number of carbonyl (C=O) groups excluding carboxylic acids is 1. The third-order valence-electron chi connectivity index (χ3n) is 4.47. The van der Waals surface area contributed by atoms with Crippen molar-refractivity contribution in [3.8, 4) is 17.1 Å². The van der Waals surface area contributed by atoms with E-state index in [4.69, 9.17) is 9.26 Å². The highest BCUT2D eigenvalue weighted by atomic mass is 32.2. The van der Waals surface area contributed by atoms with E-state index < -0.39 is 10.0 Å². The molecule has 3 aromatic rings. The van der Waals surface area contributed by atoms with Crippen LogP contribution in [-0.2, 0) is 16.6 Å². The van der Waals surface area contributed by atoms with Crippen LogP contribution in [0.5, 0.6) is 5.75 Å². The van der Waals surface area contributed by atoms with Crippen molar-refractivity contribution in [3.05, 3.63) is 60.0 Å². The molecule has 3 rings (SSSR count). The second-order valence-corrected chi connectivity index (χ2v) is 8.63. The fourth-order valence-electron chi connectivity index (χ4n) is 2.64. The summed E-state index contributed by atoms with van der Waals surface area (Å²) in [5.41, 5.74) is 1.60. The number of sulfonamides is 1. The summed E-state index contributed by atoms with van der Waals surface area (Å²) in [6.07, 6.45) is 0. The van der Waals surface area contributed by atoms with Crippen LogP contribution in [0.2, 0.25) is 0 Å². The lowest BCUT2D eigenvalue weighted by atomic mass is 10.2. The molecule has 1 heterocycles. The van der Waals surface area contributed by atoms with Crippen LogP contribution in [0.3, 0.4) is 0 Å². The third kappa shape index (κ3) is 4.77.